The molecule has 0 fully saturated rings. The molecule has 10 heavy (non-hydrogen) atoms. The molecule has 1 amide bonds. The Kier molecular flexibility index (Phi) is 3.99. The van der Waals surface area contributed by atoms with Gasteiger partial charge in [-0.2, -0.15) is 0 Å². The first-order chi connectivity index (χ1) is 4.63. The summed E-state index contributed by atoms with van der Waals surface area (Å²) in [4.78, 5) is 10.6. The second-order valence-electron chi connectivity index (χ2n) is 2.39. The van der Waals surface area contributed by atoms with Crippen molar-refractivity contribution in [3.63, 3.8) is 0 Å². The highest BCUT2D eigenvalue weighted by Gasteiger charge is 2.17. The highest BCUT2D eigenvalue weighted by atomic mass is 16.5. The van der Waals surface area contributed by atoms with Crippen LogP contribution in [0.4, 0.5) is 0 Å². The Labute approximate surface area is 60.4 Å². The average Bonchev–Trinajstić information content (AvgIpc) is 2.00. The number of hydroxylamine groups is 1. The Morgan fingerprint density at radius 2 is 2.30 bits per heavy atom. The maximum Gasteiger partial charge on any atom is 0.260 e. The van der Waals surface area contributed by atoms with Gasteiger partial charge >= 0.3 is 0 Å². The molecule has 0 rings (SSSR count). The van der Waals surface area contributed by atoms with E-state index in [9.17, 15) is 4.79 Å². The summed E-state index contributed by atoms with van der Waals surface area (Å²) in [5.74, 6) is -0.415. The second kappa shape index (κ2) is 4.24. The number of nitrogens with two attached hydrogens (primary N) is 1. The van der Waals surface area contributed by atoms with Gasteiger partial charge in [0.15, 0.2) is 0 Å². The van der Waals surface area contributed by atoms with Crippen molar-refractivity contribution in [3.05, 3.63) is 0 Å². The van der Waals surface area contributed by atoms with Crippen LogP contribution in [0.25, 0.3) is 0 Å². The zero-order valence-electron chi connectivity index (χ0n) is 6.29. The van der Waals surface area contributed by atoms with Gasteiger partial charge in [0, 0.05) is 0 Å². The van der Waals surface area contributed by atoms with E-state index in [0.29, 0.717) is 0 Å². The van der Waals surface area contributed by atoms with E-state index in [-0.39, 0.29) is 5.92 Å². The third-order valence-corrected chi connectivity index (χ3v) is 1.67. The standard InChI is InChI=1S/C6H14N2O2/c1-3-4(2)5(7)6(9)8-10/h4-5,10H,3,7H2,1-2H3,(H,8,9)/t4-,5-/m0/s1. The summed E-state index contributed by atoms with van der Waals surface area (Å²) in [5, 5.41) is 8.17. The third kappa shape index (κ3) is 2.33. The minimum absolute atomic E-state index is 0.104. The van der Waals surface area contributed by atoms with Crippen LogP contribution in [0.3, 0.4) is 0 Å². The molecule has 4 N–H and O–H groups in total. The predicted octanol–water partition coefficient (Wildman–Crippen LogP) is -0.135. The molecule has 0 spiro atoms. The fraction of sp³-hybridized carbons (Fsp3) is 0.833. The van der Waals surface area contributed by atoms with Crippen LogP contribution >= 0.6 is 0 Å². The lowest BCUT2D eigenvalue weighted by Gasteiger charge is -2.14. The Morgan fingerprint density at radius 1 is 1.80 bits per heavy atom. The number of carbonyl (C=O) groups excluding carboxylic acids is 1. The van der Waals surface area contributed by atoms with E-state index in [1.807, 2.05) is 13.8 Å². The Hall–Kier alpha value is -0.610. The summed E-state index contributed by atoms with van der Waals surface area (Å²) in [6, 6.07) is -0.602. The summed E-state index contributed by atoms with van der Waals surface area (Å²) >= 11 is 0. The lowest BCUT2D eigenvalue weighted by molar-refractivity contribution is -0.131. The topological polar surface area (TPSA) is 75.4 Å². The zero-order valence-corrected chi connectivity index (χ0v) is 6.29. The largest absolute Gasteiger partial charge is 0.320 e. The van der Waals surface area contributed by atoms with E-state index < -0.39 is 11.9 Å². The molecule has 0 saturated heterocycles. The van der Waals surface area contributed by atoms with Gasteiger partial charge in [-0.25, -0.2) is 5.48 Å². The zero-order chi connectivity index (χ0) is 8.15. The molecule has 4 nitrogen and oxygen atoms in total. The molecule has 60 valence electrons. The van der Waals surface area contributed by atoms with Gasteiger partial charge in [0.05, 0.1) is 6.04 Å². The van der Waals surface area contributed by atoms with Crippen molar-refractivity contribution in [3.8, 4) is 0 Å². The van der Waals surface area contributed by atoms with E-state index >= 15 is 0 Å². The van der Waals surface area contributed by atoms with Crippen LogP contribution in [0.5, 0.6) is 0 Å². The highest BCUT2D eigenvalue weighted by Crippen LogP contribution is 2.04. The molecule has 0 saturated carbocycles. The number of hydrogen-bond acceptors (Lipinski definition) is 3. The molecule has 0 aromatic heterocycles. The summed E-state index contributed by atoms with van der Waals surface area (Å²) in [6.07, 6.45) is 0.828. The molecule has 0 heterocycles. The number of rotatable bonds is 3. The van der Waals surface area contributed by atoms with Gasteiger partial charge in [0.2, 0.25) is 0 Å². The van der Waals surface area contributed by atoms with Gasteiger partial charge in [0.1, 0.15) is 0 Å². The first-order valence-electron chi connectivity index (χ1n) is 3.33. The maximum atomic E-state index is 10.6. The summed E-state index contributed by atoms with van der Waals surface area (Å²) in [7, 11) is 0. The van der Waals surface area contributed by atoms with Crippen LogP contribution in [-0.4, -0.2) is 17.2 Å². The fourth-order valence-corrected chi connectivity index (χ4v) is 0.587. The van der Waals surface area contributed by atoms with Crippen LogP contribution in [-0.2, 0) is 4.79 Å². The minimum atomic E-state index is -0.602. The number of hydrogen-bond donors (Lipinski definition) is 3. The Morgan fingerprint density at radius 3 is 2.60 bits per heavy atom. The first-order valence-corrected chi connectivity index (χ1v) is 3.33. The summed E-state index contributed by atoms with van der Waals surface area (Å²) < 4.78 is 0. The lowest BCUT2D eigenvalue weighted by atomic mass is 10.00. The van der Waals surface area contributed by atoms with E-state index in [1.165, 1.54) is 5.48 Å². The molecule has 0 radical (unpaired) electrons. The van der Waals surface area contributed by atoms with Crippen LogP contribution in [0.2, 0.25) is 0 Å². The second-order valence-corrected chi connectivity index (χ2v) is 2.39. The fourth-order valence-electron chi connectivity index (χ4n) is 0.587. The van der Waals surface area contributed by atoms with E-state index in [4.69, 9.17) is 10.9 Å². The van der Waals surface area contributed by atoms with Gasteiger partial charge < -0.3 is 5.73 Å². The van der Waals surface area contributed by atoms with Crippen molar-refractivity contribution in [2.75, 3.05) is 0 Å². The molecule has 0 aliphatic rings. The molecule has 0 aliphatic heterocycles. The van der Waals surface area contributed by atoms with Gasteiger partial charge in [-0.05, 0) is 5.92 Å². The minimum Gasteiger partial charge on any atom is -0.320 e. The van der Waals surface area contributed by atoms with Crippen LogP contribution in [0, 0.1) is 5.92 Å². The molecule has 0 aliphatic carbocycles. The third-order valence-electron chi connectivity index (χ3n) is 1.67. The van der Waals surface area contributed by atoms with Gasteiger partial charge in [-0.3, -0.25) is 10.0 Å². The number of amides is 1. The van der Waals surface area contributed by atoms with Crippen molar-refractivity contribution >= 4 is 5.91 Å². The summed E-state index contributed by atoms with van der Waals surface area (Å²) in [6.45, 7) is 3.80. The Balaban J connectivity index is 3.81. The normalized spacial score (nSPS) is 16.0. The highest BCUT2D eigenvalue weighted by molar-refractivity contribution is 5.80. The molecule has 0 aromatic carbocycles. The van der Waals surface area contributed by atoms with Gasteiger partial charge in [-0.15, -0.1) is 0 Å². The lowest BCUT2D eigenvalue weighted by Crippen LogP contribution is -2.43. The molecule has 2 atom stereocenters. The quantitative estimate of drug-likeness (QED) is 0.383. The predicted molar refractivity (Wildman–Crippen MR) is 37.4 cm³/mol. The van der Waals surface area contributed by atoms with Crippen LogP contribution in [0.1, 0.15) is 20.3 Å². The molecular weight excluding hydrogens is 132 g/mol. The van der Waals surface area contributed by atoms with Crippen molar-refractivity contribution in [1.82, 2.24) is 5.48 Å². The smallest absolute Gasteiger partial charge is 0.260 e. The van der Waals surface area contributed by atoms with Crippen molar-refractivity contribution in [2.45, 2.75) is 26.3 Å². The monoisotopic (exact) mass is 146 g/mol. The number of carbonyl (C=O) groups is 1. The van der Waals surface area contributed by atoms with Crippen molar-refractivity contribution in [1.29, 1.82) is 0 Å². The number of nitrogens with one attached hydrogen (secondary N) is 1. The first kappa shape index (κ1) is 9.39. The molecule has 0 aromatic rings. The SMILES string of the molecule is CC[C@H](C)[C@H](N)C(=O)NO. The van der Waals surface area contributed by atoms with Crippen molar-refractivity contribution in [2.24, 2.45) is 11.7 Å². The summed E-state index contributed by atoms with van der Waals surface area (Å²) in [5.41, 5.74) is 6.93. The average molecular weight is 146 g/mol. The molecule has 0 bridgehead atoms. The van der Waals surface area contributed by atoms with Crippen LogP contribution < -0.4 is 11.2 Å². The van der Waals surface area contributed by atoms with E-state index in [0.717, 1.165) is 6.42 Å². The van der Waals surface area contributed by atoms with Crippen LogP contribution in [0.15, 0.2) is 0 Å². The molecule has 0 unspecified atom stereocenters. The maximum absolute atomic E-state index is 10.6. The van der Waals surface area contributed by atoms with E-state index in [2.05, 4.69) is 0 Å². The van der Waals surface area contributed by atoms with E-state index in [1.54, 1.807) is 0 Å². The van der Waals surface area contributed by atoms with Gasteiger partial charge in [0.25, 0.3) is 5.91 Å². The molecule has 4 heteroatoms. The van der Waals surface area contributed by atoms with Gasteiger partial charge in [-0.1, -0.05) is 20.3 Å². The Bertz CT molecular complexity index is 116. The van der Waals surface area contributed by atoms with Crippen molar-refractivity contribution < 1.29 is 10.0 Å². The molecular formula is C6H14N2O2.